The molecule has 10 nitrogen and oxygen atoms in total. The van der Waals surface area contributed by atoms with Crippen LogP contribution in [-0.4, -0.2) is 63.5 Å². The summed E-state index contributed by atoms with van der Waals surface area (Å²) in [6.07, 6.45) is -0.298. The van der Waals surface area contributed by atoms with Gasteiger partial charge in [-0.3, -0.25) is 13.9 Å². The summed E-state index contributed by atoms with van der Waals surface area (Å²) in [5.41, 5.74) is 2.88. The second-order valence-electron chi connectivity index (χ2n) is 6.76. The molecule has 0 saturated carbocycles. The van der Waals surface area contributed by atoms with Crippen LogP contribution in [0.4, 0.5) is 0 Å². The smallest absolute Gasteiger partial charge is 0.292 e. The third-order valence-electron chi connectivity index (χ3n) is 4.72. The maximum absolute atomic E-state index is 13.1. The highest BCUT2D eigenvalue weighted by Gasteiger charge is 2.26. The largest absolute Gasteiger partial charge is 0.393 e. The van der Waals surface area contributed by atoms with Crippen molar-refractivity contribution in [2.45, 2.75) is 39.5 Å². The van der Waals surface area contributed by atoms with Crippen LogP contribution in [0, 0.1) is 13.8 Å². The van der Waals surface area contributed by atoms with E-state index in [9.17, 15) is 9.90 Å². The Morgan fingerprint density at radius 2 is 2.07 bits per heavy atom. The number of hydrogen-bond acceptors (Lipinski definition) is 7. The van der Waals surface area contributed by atoms with Crippen molar-refractivity contribution in [3.63, 3.8) is 0 Å². The van der Waals surface area contributed by atoms with Crippen LogP contribution in [0.2, 0.25) is 0 Å². The standard InChI is InChI=1S/C17H21N7O3/c1-10-6-11(2)24-15(19-20-17(24)18-10)16(27)22-4-3-5-23-12(8-22)7-13(21-23)14(26)9-25/h6-7,14,25-26H,3-5,8-9H2,1-2H3. The van der Waals surface area contributed by atoms with Crippen LogP contribution in [0.5, 0.6) is 0 Å². The zero-order valence-corrected chi connectivity index (χ0v) is 15.2. The van der Waals surface area contributed by atoms with Gasteiger partial charge in [0.05, 0.1) is 24.5 Å². The lowest BCUT2D eigenvalue weighted by Crippen LogP contribution is -2.32. The molecule has 0 aliphatic carbocycles. The molecule has 0 spiro atoms. The molecule has 27 heavy (non-hydrogen) atoms. The van der Waals surface area contributed by atoms with Crippen LogP contribution < -0.4 is 0 Å². The average Bonchev–Trinajstić information content (AvgIpc) is 3.19. The number of rotatable bonds is 3. The summed E-state index contributed by atoms with van der Waals surface area (Å²) in [6.45, 7) is 4.91. The Hall–Kier alpha value is -2.85. The van der Waals surface area contributed by atoms with E-state index in [2.05, 4.69) is 20.3 Å². The number of hydrogen-bond donors (Lipinski definition) is 2. The minimum absolute atomic E-state index is 0.227. The van der Waals surface area contributed by atoms with Crippen LogP contribution in [0.25, 0.3) is 5.78 Å². The molecule has 3 aromatic rings. The lowest BCUT2D eigenvalue weighted by Gasteiger charge is -2.19. The predicted molar refractivity (Wildman–Crippen MR) is 93.9 cm³/mol. The molecule has 10 heteroatoms. The van der Waals surface area contributed by atoms with E-state index in [1.165, 1.54) is 0 Å². The maximum Gasteiger partial charge on any atom is 0.292 e. The van der Waals surface area contributed by atoms with Gasteiger partial charge in [-0.25, -0.2) is 4.98 Å². The molecule has 4 rings (SSSR count). The molecule has 142 valence electrons. The van der Waals surface area contributed by atoms with Crippen molar-refractivity contribution in [1.82, 2.24) is 34.3 Å². The highest BCUT2D eigenvalue weighted by atomic mass is 16.3. The van der Waals surface area contributed by atoms with Crippen molar-refractivity contribution in [2.24, 2.45) is 0 Å². The summed E-state index contributed by atoms with van der Waals surface area (Å²) >= 11 is 0. The number of aromatic nitrogens is 6. The number of nitrogens with zero attached hydrogens (tertiary/aromatic N) is 7. The van der Waals surface area contributed by atoms with E-state index < -0.39 is 12.7 Å². The Bertz CT molecular complexity index is 1010. The Kier molecular flexibility index (Phi) is 4.36. The quantitative estimate of drug-likeness (QED) is 0.665. The first kappa shape index (κ1) is 17.6. The Balaban J connectivity index is 1.66. The van der Waals surface area contributed by atoms with Gasteiger partial charge < -0.3 is 15.1 Å². The molecule has 0 radical (unpaired) electrons. The second-order valence-corrected chi connectivity index (χ2v) is 6.76. The fourth-order valence-electron chi connectivity index (χ4n) is 3.42. The summed E-state index contributed by atoms with van der Waals surface area (Å²) < 4.78 is 3.44. The highest BCUT2D eigenvalue weighted by Crippen LogP contribution is 2.19. The monoisotopic (exact) mass is 371 g/mol. The van der Waals surface area contributed by atoms with Crippen molar-refractivity contribution >= 4 is 11.7 Å². The third-order valence-corrected chi connectivity index (χ3v) is 4.72. The van der Waals surface area contributed by atoms with Crippen molar-refractivity contribution < 1.29 is 15.0 Å². The summed E-state index contributed by atoms with van der Waals surface area (Å²) in [7, 11) is 0. The molecule has 1 aliphatic heterocycles. The first-order valence-corrected chi connectivity index (χ1v) is 8.82. The van der Waals surface area contributed by atoms with E-state index in [1.54, 1.807) is 20.0 Å². The van der Waals surface area contributed by atoms with E-state index in [-0.39, 0.29) is 11.7 Å². The fraction of sp³-hybridized carbons (Fsp3) is 0.471. The number of carbonyl (C=O) groups excluding carboxylic acids is 1. The molecule has 1 atom stereocenters. The van der Waals surface area contributed by atoms with Gasteiger partial charge in [-0.05, 0) is 32.4 Å². The SMILES string of the molecule is Cc1cc(C)n2c(C(=O)N3CCCn4nc(C(O)CO)cc4C3)nnc2n1. The lowest BCUT2D eigenvalue weighted by molar-refractivity contribution is 0.0731. The van der Waals surface area contributed by atoms with E-state index in [0.29, 0.717) is 31.1 Å². The summed E-state index contributed by atoms with van der Waals surface area (Å²) in [6, 6.07) is 3.61. The summed E-state index contributed by atoms with van der Waals surface area (Å²) in [5.74, 6) is 0.415. The molecule has 1 aliphatic rings. The summed E-state index contributed by atoms with van der Waals surface area (Å²) in [5, 5.41) is 31.4. The van der Waals surface area contributed by atoms with E-state index in [0.717, 1.165) is 23.5 Å². The molecule has 0 bridgehead atoms. The van der Waals surface area contributed by atoms with Crippen molar-refractivity contribution in [1.29, 1.82) is 0 Å². The number of aliphatic hydroxyl groups is 2. The molecule has 1 amide bonds. The molecule has 2 N–H and O–H groups in total. The first-order valence-electron chi connectivity index (χ1n) is 8.82. The average molecular weight is 371 g/mol. The molecular weight excluding hydrogens is 350 g/mol. The molecule has 0 fully saturated rings. The van der Waals surface area contributed by atoms with Gasteiger partial charge in [-0.1, -0.05) is 0 Å². The maximum atomic E-state index is 13.1. The number of aryl methyl sites for hydroxylation is 3. The zero-order chi connectivity index (χ0) is 19.1. The van der Waals surface area contributed by atoms with Crippen molar-refractivity contribution in [3.8, 4) is 0 Å². The summed E-state index contributed by atoms with van der Waals surface area (Å²) in [4.78, 5) is 19.2. The van der Waals surface area contributed by atoms with Crippen LogP contribution in [0.15, 0.2) is 12.1 Å². The minimum atomic E-state index is -1.02. The molecule has 3 aromatic heterocycles. The number of aliphatic hydroxyl groups excluding tert-OH is 2. The van der Waals surface area contributed by atoms with E-state index in [4.69, 9.17) is 5.11 Å². The van der Waals surface area contributed by atoms with Crippen LogP contribution in [-0.2, 0) is 13.1 Å². The molecular formula is C17H21N7O3. The number of amides is 1. The van der Waals surface area contributed by atoms with Gasteiger partial charge in [0.25, 0.3) is 11.7 Å². The molecule has 4 heterocycles. The molecule has 1 unspecified atom stereocenters. The first-order chi connectivity index (χ1) is 13.0. The van der Waals surface area contributed by atoms with E-state index >= 15 is 0 Å². The third kappa shape index (κ3) is 3.06. The van der Waals surface area contributed by atoms with Crippen LogP contribution in [0.1, 0.15) is 45.9 Å². The van der Waals surface area contributed by atoms with Gasteiger partial charge in [0.15, 0.2) is 0 Å². The highest BCUT2D eigenvalue weighted by molar-refractivity contribution is 5.91. The van der Waals surface area contributed by atoms with Gasteiger partial charge in [-0.2, -0.15) is 5.10 Å². The number of fused-ring (bicyclic) bond motifs is 2. The van der Waals surface area contributed by atoms with Crippen molar-refractivity contribution in [3.05, 3.63) is 40.7 Å². The topological polar surface area (TPSA) is 122 Å². The lowest BCUT2D eigenvalue weighted by atomic mass is 10.2. The van der Waals surface area contributed by atoms with Gasteiger partial charge in [0, 0.05) is 24.5 Å². The Morgan fingerprint density at radius 1 is 1.26 bits per heavy atom. The molecule has 0 aromatic carbocycles. The second kappa shape index (κ2) is 6.71. The fourth-order valence-corrected chi connectivity index (χ4v) is 3.42. The Morgan fingerprint density at radius 3 is 2.85 bits per heavy atom. The van der Waals surface area contributed by atoms with Gasteiger partial charge >= 0.3 is 0 Å². The van der Waals surface area contributed by atoms with Crippen LogP contribution >= 0.6 is 0 Å². The minimum Gasteiger partial charge on any atom is -0.393 e. The normalized spacial score (nSPS) is 15.6. The van der Waals surface area contributed by atoms with Gasteiger partial charge in [-0.15, -0.1) is 10.2 Å². The zero-order valence-electron chi connectivity index (χ0n) is 15.2. The van der Waals surface area contributed by atoms with Gasteiger partial charge in [0.1, 0.15) is 6.10 Å². The van der Waals surface area contributed by atoms with Crippen molar-refractivity contribution in [2.75, 3.05) is 13.2 Å². The van der Waals surface area contributed by atoms with E-state index in [1.807, 2.05) is 19.9 Å². The number of carbonyl (C=O) groups is 1. The predicted octanol–water partition coefficient (Wildman–Crippen LogP) is 0.00944. The van der Waals surface area contributed by atoms with Gasteiger partial charge in [0.2, 0.25) is 5.82 Å². The molecule has 0 saturated heterocycles. The van der Waals surface area contributed by atoms with Crippen LogP contribution in [0.3, 0.4) is 0 Å². The Labute approximate surface area is 155 Å².